The topological polar surface area (TPSA) is 54.0 Å². The van der Waals surface area contributed by atoms with Gasteiger partial charge in [0.05, 0.1) is 11.1 Å². The number of pyridine rings is 1. The van der Waals surface area contributed by atoms with Gasteiger partial charge in [0, 0.05) is 17.6 Å². The van der Waals surface area contributed by atoms with E-state index in [-0.39, 0.29) is 30.7 Å². The second kappa shape index (κ2) is 9.06. The lowest BCUT2D eigenvalue weighted by Crippen LogP contribution is -2.26. The molecule has 1 unspecified atom stereocenters. The third-order valence-corrected chi connectivity index (χ3v) is 4.09. The molecule has 23 heavy (non-hydrogen) atoms. The van der Waals surface area contributed by atoms with Gasteiger partial charge in [0.1, 0.15) is 0 Å². The van der Waals surface area contributed by atoms with Crippen molar-refractivity contribution in [3.63, 3.8) is 0 Å². The summed E-state index contributed by atoms with van der Waals surface area (Å²) >= 11 is 0. The molecule has 0 radical (unpaired) electrons. The molecule has 0 saturated carbocycles. The lowest BCUT2D eigenvalue weighted by molar-refractivity contribution is 0.0953. The van der Waals surface area contributed by atoms with E-state index in [9.17, 15) is 4.79 Å². The molecule has 6 heteroatoms. The quantitative estimate of drug-likeness (QED) is 0.885. The third-order valence-electron chi connectivity index (χ3n) is 4.09. The zero-order chi connectivity index (χ0) is 14.7. The fourth-order valence-corrected chi connectivity index (χ4v) is 2.94. The second-order valence-electron chi connectivity index (χ2n) is 5.73. The van der Waals surface area contributed by atoms with E-state index >= 15 is 0 Å². The molecule has 2 heterocycles. The first kappa shape index (κ1) is 19.7. The molecule has 126 valence electrons. The van der Waals surface area contributed by atoms with Crippen molar-refractivity contribution in [3.05, 3.63) is 41.6 Å². The van der Waals surface area contributed by atoms with Gasteiger partial charge in [-0.25, -0.2) is 0 Å². The third kappa shape index (κ3) is 4.80. The number of aryl methyl sites for hydroxylation is 1. The van der Waals surface area contributed by atoms with Gasteiger partial charge in [0.2, 0.25) is 0 Å². The van der Waals surface area contributed by atoms with Crippen LogP contribution >= 0.6 is 24.8 Å². The number of benzene rings is 1. The average Bonchev–Trinajstić information content (AvgIpc) is 2.99. The van der Waals surface area contributed by atoms with Crippen LogP contribution in [-0.2, 0) is 0 Å². The molecule has 0 spiro atoms. The first-order valence-electron chi connectivity index (χ1n) is 7.59. The number of hydrogen-bond acceptors (Lipinski definition) is 3. The second-order valence-corrected chi connectivity index (χ2v) is 5.73. The summed E-state index contributed by atoms with van der Waals surface area (Å²) in [6.45, 7) is 4.84. The Hall–Kier alpha value is -1.36. The number of amides is 1. The lowest BCUT2D eigenvalue weighted by atomic mass is 10.0. The van der Waals surface area contributed by atoms with Gasteiger partial charge >= 0.3 is 0 Å². The molecule has 1 aliphatic rings. The minimum absolute atomic E-state index is 0. The molecule has 3 rings (SSSR count). The highest BCUT2D eigenvalue weighted by Gasteiger charge is 2.15. The van der Waals surface area contributed by atoms with E-state index in [1.54, 1.807) is 0 Å². The maximum Gasteiger partial charge on any atom is 0.252 e. The Bertz CT molecular complexity index is 657. The minimum atomic E-state index is 0. The molecule has 1 atom stereocenters. The van der Waals surface area contributed by atoms with Crippen molar-refractivity contribution in [2.75, 3.05) is 19.6 Å². The fraction of sp³-hybridized carbons (Fsp3) is 0.412. The number of carbonyl (C=O) groups is 1. The van der Waals surface area contributed by atoms with Gasteiger partial charge in [-0.05, 0) is 50.9 Å². The predicted molar refractivity (Wildman–Crippen MR) is 98.9 cm³/mol. The molecule has 2 N–H and O–H groups in total. The van der Waals surface area contributed by atoms with Crippen molar-refractivity contribution in [1.29, 1.82) is 0 Å². The molecule has 1 amide bonds. The molecule has 2 aromatic rings. The van der Waals surface area contributed by atoms with Crippen LogP contribution < -0.4 is 10.6 Å². The van der Waals surface area contributed by atoms with Crippen molar-refractivity contribution in [2.24, 2.45) is 5.92 Å². The highest BCUT2D eigenvalue weighted by molar-refractivity contribution is 6.06. The lowest BCUT2D eigenvalue weighted by Gasteiger charge is -2.11. The molecule has 0 aliphatic carbocycles. The number of fused-ring (bicyclic) bond motifs is 1. The van der Waals surface area contributed by atoms with Crippen molar-refractivity contribution >= 4 is 41.6 Å². The van der Waals surface area contributed by atoms with Gasteiger partial charge in [-0.15, -0.1) is 24.8 Å². The van der Waals surface area contributed by atoms with E-state index < -0.39 is 0 Å². The van der Waals surface area contributed by atoms with Crippen LogP contribution in [0.1, 0.15) is 28.9 Å². The van der Waals surface area contributed by atoms with E-state index in [4.69, 9.17) is 0 Å². The van der Waals surface area contributed by atoms with Crippen LogP contribution in [0.4, 0.5) is 0 Å². The molecule has 1 aliphatic heterocycles. The number of hydrogen-bond donors (Lipinski definition) is 2. The smallest absolute Gasteiger partial charge is 0.252 e. The zero-order valence-electron chi connectivity index (χ0n) is 13.2. The number of carbonyl (C=O) groups excluding carboxylic acids is 1. The molecular weight excluding hydrogens is 333 g/mol. The van der Waals surface area contributed by atoms with Crippen LogP contribution in [0.15, 0.2) is 30.3 Å². The Morgan fingerprint density at radius 1 is 1.35 bits per heavy atom. The van der Waals surface area contributed by atoms with Crippen LogP contribution in [0.25, 0.3) is 10.9 Å². The number of halogens is 2. The molecule has 4 nitrogen and oxygen atoms in total. The summed E-state index contributed by atoms with van der Waals surface area (Å²) in [6.07, 6.45) is 2.26. The van der Waals surface area contributed by atoms with Crippen molar-refractivity contribution in [2.45, 2.75) is 19.8 Å². The number of para-hydroxylation sites is 1. The van der Waals surface area contributed by atoms with Gasteiger partial charge in [-0.2, -0.15) is 0 Å². The Kier molecular flexibility index (Phi) is 7.76. The summed E-state index contributed by atoms with van der Waals surface area (Å²) in [5, 5.41) is 7.32. The van der Waals surface area contributed by atoms with E-state index in [0.29, 0.717) is 5.92 Å². The van der Waals surface area contributed by atoms with E-state index in [2.05, 4.69) is 15.6 Å². The highest BCUT2D eigenvalue weighted by Crippen LogP contribution is 2.18. The Morgan fingerprint density at radius 3 is 2.87 bits per heavy atom. The number of nitrogens with one attached hydrogen (secondary N) is 2. The molecule has 1 aromatic heterocycles. The Balaban J connectivity index is 0.00000132. The summed E-state index contributed by atoms with van der Waals surface area (Å²) in [4.78, 5) is 16.9. The van der Waals surface area contributed by atoms with Crippen LogP contribution in [0, 0.1) is 12.8 Å². The summed E-state index contributed by atoms with van der Waals surface area (Å²) in [5.74, 6) is 0.698. The minimum Gasteiger partial charge on any atom is -0.352 e. The van der Waals surface area contributed by atoms with E-state index in [1.165, 1.54) is 6.42 Å². The Labute approximate surface area is 149 Å². The molecular formula is C17H23Cl2N3O. The van der Waals surface area contributed by atoms with Crippen molar-refractivity contribution in [1.82, 2.24) is 15.6 Å². The zero-order valence-corrected chi connectivity index (χ0v) is 14.8. The summed E-state index contributed by atoms with van der Waals surface area (Å²) in [7, 11) is 0. The van der Waals surface area contributed by atoms with Gasteiger partial charge in [0.15, 0.2) is 0 Å². The average molecular weight is 356 g/mol. The highest BCUT2D eigenvalue weighted by atomic mass is 35.5. The molecule has 1 saturated heterocycles. The van der Waals surface area contributed by atoms with Crippen molar-refractivity contribution in [3.8, 4) is 0 Å². The summed E-state index contributed by atoms with van der Waals surface area (Å²) < 4.78 is 0. The first-order chi connectivity index (χ1) is 10.2. The predicted octanol–water partition coefficient (Wildman–Crippen LogP) is 3.12. The van der Waals surface area contributed by atoms with Crippen LogP contribution in [-0.4, -0.2) is 30.5 Å². The normalized spacial score (nSPS) is 16.5. The van der Waals surface area contributed by atoms with Crippen molar-refractivity contribution < 1.29 is 4.79 Å². The maximum atomic E-state index is 12.4. The monoisotopic (exact) mass is 355 g/mol. The van der Waals surface area contributed by atoms with Gasteiger partial charge in [0.25, 0.3) is 5.91 Å². The SMILES string of the molecule is Cc1cc(C(=O)NCCC2CCNC2)c2ccccc2n1.Cl.Cl. The van der Waals surface area contributed by atoms with Gasteiger partial charge < -0.3 is 10.6 Å². The van der Waals surface area contributed by atoms with Crippen LogP contribution in [0.2, 0.25) is 0 Å². The molecule has 1 aromatic carbocycles. The van der Waals surface area contributed by atoms with Crippen LogP contribution in [0.3, 0.4) is 0 Å². The van der Waals surface area contributed by atoms with Crippen LogP contribution in [0.5, 0.6) is 0 Å². The largest absolute Gasteiger partial charge is 0.352 e. The standard InChI is InChI=1S/C17H21N3O.2ClH/c1-12-10-15(14-4-2-3-5-16(14)20-12)17(21)19-9-7-13-6-8-18-11-13;;/h2-5,10,13,18H,6-9,11H2,1H3,(H,19,21);2*1H. The van der Waals surface area contributed by atoms with E-state index in [0.717, 1.165) is 48.2 Å². The van der Waals surface area contributed by atoms with E-state index in [1.807, 2.05) is 37.3 Å². The number of nitrogens with zero attached hydrogens (tertiary/aromatic N) is 1. The summed E-state index contributed by atoms with van der Waals surface area (Å²) in [6, 6.07) is 9.67. The Morgan fingerprint density at radius 2 is 2.13 bits per heavy atom. The maximum absolute atomic E-state index is 12.4. The number of aromatic nitrogens is 1. The summed E-state index contributed by atoms with van der Waals surface area (Å²) in [5.41, 5.74) is 2.48. The fourth-order valence-electron chi connectivity index (χ4n) is 2.94. The first-order valence-corrected chi connectivity index (χ1v) is 7.59. The number of rotatable bonds is 4. The molecule has 0 bridgehead atoms. The van der Waals surface area contributed by atoms with Gasteiger partial charge in [-0.1, -0.05) is 18.2 Å². The van der Waals surface area contributed by atoms with Gasteiger partial charge in [-0.3, -0.25) is 9.78 Å². The molecule has 1 fully saturated rings.